The highest BCUT2D eigenvalue weighted by Crippen LogP contribution is 2.18. The Hall–Kier alpha value is 0.571. The molecule has 2 nitrogen and oxygen atoms in total. The molecule has 1 fully saturated rings. The van der Waals surface area contributed by atoms with Crippen molar-refractivity contribution in [1.29, 1.82) is 0 Å². The average molecular weight is 275 g/mol. The van der Waals surface area contributed by atoms with Crippen LogP contribution in [0.15, 0.2) is 0 Å². The zero-order valence-electron chi connectivity index (χ0n) is 11.8. The molecule has 1 N–H and O–H groups in total. The minimum Gasteiger partial charge on any atom is -0.364 e. The predicted octanol–water partition coefficient (Wildman–Crippen LogP) is 2.03. The molecule has 0 heterocycles. The van der Waals surface area contributed by atoms with Gasteiger partial charge in [-0.1, -0.05) is 45.5 Å². The summed E-state index contributed by atoms with van der Waals surface area (Å²) in [5.41, 5.74) is 0. The minimum atomic E-state index is -0.799. The van der Waals surface area contributed by atoms with Crippen molar-refractivity contribution in [2.75, 3.05) is 0 Å². The molecule has 1 saturated carbocycles. The smallest absolute Gasteiger partial charge is 0.170 e. The van der Waals surface area contributed by atoms with E-state index in [1.54, 1.807) is 0 Å². The summed E-state index contributed by atoms with van der Waals surface area (Å²) in [4.78, 5) is 4.02. The topological polar surface area (TPSA) is 15.3 Å². The monoisotopic (exact) mass is 274 g/mol. The van der Waals surface area contributed by atoms with Crippen molar-refractivity contribution in [3.05, 3.63) is 0 Å². The highest BCUT2D eigenvalue weighted by molar-refractivity contribution is 6.84. The molecule has 1 atom stereocenters. The van der Waals surface area contributed by atoms with Crippen LogP contribution in [-0.4, -0.2) is 37.0 Å². The molecule has 16 heavy (non-hydrogen) atoms. The maximum atomic E-state index is 4.02. The first-order valence-electron chi connectivity index (χ1n) is 7.06. The average Bonchev–Trinajstić information content (AvgIpc) is 2.17. The van der Waals surface area contributed by atoms with Gasteiger partial charge in [0.2, 0.25) is 0 Å². The standard InChI is InChI=1S/C11H30N2Si3/c1-14(2)13(15(3)4)16(5)12-11-9-7-6-8-10-11/h11-12,14-16H,6-10H2,1-5H3. The molecule has 5 heteroatoms. The van der Waals surface area contributed by atoms with Crippen LogP contribution in [0.5, 0.6) is 0 Å². The van der Waals surface area contributed by atoms with Gasteiger partial charge >= 0.3 is 0 Å². The van der Waals surface area contributed by atoms with Crippen molar-refractivity contribution in [2.45, 2.75) is 70.9 Å². The predicted molar refractivity (Wildman–Crippen MR) is 82.6 cm³/mol. The van der Waals surface area contributed by atoms with E-state index in [1.165, 1.54) is 32.1 Å². The van der Waals surface area contributed by atoms with Gasteiger partial charge in [0, 0.05) is 6.04 Å². The first kappa shape index (κ1) is 14.6. The Kier molecular flexibility index (Phi) is 6.50. The third-order valence-corrected chi connectivity index (χ3v) is 17.8. The molecule has 0 saturated heterocycles. The third kappa shape index (κ3) is 4.44. The molecule has 0 amide bonds. The SMILES string of the molecule is C[SiH](C)N([SiH](C)C)[SiH](C)NC1CCCCC1. The fourth-order valence-electron chi connectivity index (χ4n) is 3.19. The maximum absolute atomic E-state index is 4.02. The van der Waals surface area contributed by atoms with Crippen molar-refractivity contribution in [2.24, 2.45) is 0 Å². The van der Waals surface area contributed by atoms with E-state index >= 15 is 0 Å². The Morgan fingerprint density at radius 2 is 1.38 bits per heavy atom. The van der Waals surface area contributed by atoms with Gasteiger partial charge in [-0.05, 0) is 19.4 Å². The molecular weight excluding hydrogens is 244 g/mol. The highest BCUT2D eigenvalue weighted by Gasteiger charge is 2.25. The lowest BCUT2D eigenvalue weighted by atomic mass is 9.96. The van der Waals surface area contributed by atoms with Gasteiger partial charge in [-0.3, -0.25) is 0 Å². The van der Waals surface area contributed by atoms with Gasteiger partial charge in [0.05, 0.1) is 17.9 Å². The van der Waals surface area contributed by atoms with E-state index in [2.05, 4.69) is 41.6 Å². The van der Waals surface area contributed by atoms with Crippen molar-refractivity contribution < 1.29 is 0 Å². The van der Waals surface area contributed by atoms with Crippen LogP contribution in [0.4, 0.5) is 0 Å². The van der Waals surface area contributed by atoms with Gasteiger partial charge in [-0.25, -0.2) is 0 Å². The second kappa shape index (κ2) is 7.10. The Morgan fingerprint density at radius 1 is 0.875 bits per heavy atom. The number of nitrogens with zero attached hydrogens (tertiary/aromatic N) is 1. The molecule has 1 unspecified atom stereocenters. The Bertz CT molecular complexity index is 186. The molecule has 0 bridgehead atoms. The largest absolute Gasteiger partial charge is 0.364 e. The lowest BCUT2D eigenvalue weighted by Crippen LogP contribution is -2.60. The van der Waals surface area contributed by atoms with Gasteiger partial charge in [0.25, 0.3) is 0 Å². The van der Waals surface area contributed by atoms with E-state index in [1.807, 2.05) is 0 Å². The van der Waals surface area contributed by atoms with Crippen LogP contribution in [0.1, 0.15) is 32.1 Å². The van der Waals surface area contributed by atoms with Gasteiger partial charge in [-0.15, -0.1) is 0 Å². The molecule has 1 aliphatic rings. The van der Waals surface area contributed by atoms with Crippen molar-refractivity contribution in [3.8, 4) is 0 Å². The minimum absolute atomic E-state index is 0.579. The molecule has 0 aromatic rings. The van der Waals surface area contributed by atoms with Crippen LogP contribution >= 0.6 is 0 Å². The van der Waals surface area contributed by atoms with Crippen LogP contribution in [0, 0.1) is 0 Å². The zero-order chi connectivity index (χ0) is 12.1. The summed E-state index contributed by atoms with van der Waals surface area (Å²) in [6.07, 6.45) is 7.25. The van der Waals surface area contributed by atoms with Gasteiger partial charge in [0.15, 0.2) is 9.12 Å². The lowest BCUT2D eigenvalue weighted by molar-refractivity contribution is 0.413. The highest BCUT2D eigenvalue weighted by atomic mass is 28.4. The van der Waals surface area contributed by atoms with E-state index in [4.69, 9.17) is 0 Å². The summed E-state index contributed by atoms with van der Waals surface area (Å²) in [6, 6.07) is 0.860. The molecule has 1 rings (SSSR count). The van der Waals surface area contributed by atoms with E-state index in [9.17, 15) is 0 Å². The Labute approximate surface area is 107 Å². The van der Waals surface area contributed by atoms with E-state index in [0.29, 0.717) is 0 Å². The summed E-state index contributed by atoms with van der Waals surface area (Å²) in [6.45, 7) is 12.5. The molecular formula is C11H30N2Si3. The first-order valence-corrected chi connectivity index (χ1v) is 15.0. The van der Waals surface area contributed by atoms with Crippen LogP contribution in [-0.2, 0) is 0 Å². The molecule has 0 aromatic heterocycles. The molecule has 1 aliphatic carbocycles. The quantitative estimate of drug-likeness (QED) is 0.772. The number of hydrogen-bond donors (Lipinski definition) is 1. The van der Waals surface area contributed by atoms with Crippen molar-refractivity contribution in [3.63, 3.8) is 0 Å². The second-order valence-electron chi connectivity index (χ2n) is 5.81. The van der Waals surface area contributed by atoms with Gasteiger partial charge in [-0.2, -0.15) is 0 Å². The number of nitrogens with one attached hydrogen (secondary N) is 1. The van der Waals surface area contributed by atoms with Crippen LogP contribution in [0.25, 0.3) is 0 Å². The van der Waals surface area contributed by atoms with E-state index < -0.39 is 27.0 Å². The van der Waals surface area contributed by atoms with Gasteiger partial charge < -0.3 is 8.88 Å². The van der Waals surface area contributed by atoms with E-state index in [-0.39, 0.29) is 0 Å². The van der Waals surface area contributed by atoms with Gasteiger partial charge in [0.1, 0.15) is 0 Å². The zero-order valence-corrected chi connectivity index (χ0v) is 15.3. The number of hydrogen-bond acceptors (Lipinski definition) is 2. The third-order valence-electron chi connectivity index (χ3n) is 3.72. The molecule has 0 aliphatic heterocycles. The summed E-state index contributed by atoms with van der Waals surface area (Å²) in [7, 11) is -1.96. The van der Waals surface area contributed by atoms with E-state index in [0.717, 1.165) is 6.04 Å². The molecule has 0 aromatic carbocycles. The Balaban J connectivity index is 2.44. The van der Waals surface area contributed by atoms with Crippen LogP contribution in [0.2, 0.25) is 32.7 Å². The van der Waals surface area contributed by atoms with Crippen molar-refractivity contribution >= 4 is 27.0 Å². The summed E-state index contributed by atoms with van der Waals surface area (Å²) < 4.78 is 2.98. The number of rotatable bonds is 5. The summed E-state index contributed by atoms with van der Waals surface area (Å²) in [5.74, 6) is 0. The summed E-state index contributed by atoms with van der Waals surface area (Å²) >= 11 is 0. The van der Waals surface area contributed by atoms with Crippen LogP contribution < -0.4 is 4.98 Å². The maximum Gasteiger partial charge on any atom is 0.170 e. The van der Waals surface area contributed by atoms with Crippen molar-refractivity contribution in [1.82, 2.24) is 8.88 Å². The Morgan fingerprint density at radius 3 is 1.81 bits per heavy atom. The first-order chi connectivity index (χ1) is 7.52. The molecule has 0 spiro atoms. The lowest BCUT2D eigenvalue weighted by Gasteiger charge is -2.38. The fourth-order valence-corrected chi connectivity index (χ4v) is 16.8. The second-order valence-corrected chi connectivity index (χ2v) is 15.5. The normalized spacial score (nSPS) is 21.0. The van der Waals surface area contributed by atoms with Crippen LogP contribution in [0.3, 0.4) is 0 Å². The molecule has 96 valence electrons. The summed E-state index contributed by atoms with van der Waals surface area (Å²) in [5, 5.41) is 0. The molecule has 0 radical (unpaired) electrons. The fraction of sp³-hybridized carbons (Fsp3) is 1.00.